The summed E-state index contributed by atoms with van der Waals surface area (Å²) in [6.45, 7) is 2.05. The van der Waals surface area contributed by atoms with E-state index in [4.69, 9.17) is 0 Å². The Bertz CT molecular complexity index is 397. The van der Waals surface area contributed by atoms with Gasteiger partial charge in [-0.05, 0) is 11.5 Å². The van der Waals surface area contributed by atoms with Gasteiger partial charge in [0.2, 0.25) is 0 Å². The highest BCUT2D eigenvalue weighted by Crippen LogP contribution is 2.20. The summed E-state index contributed by atoms with van der Waals surface area (Å²) in [4.78, 5) is 4.35. The van der Waals surface area contributed by atoms with Gasteiger partial charge < -0.3 is 0 Å². The van der Waals surface area contributed by atoms with Gasteiger partial charge in [-0.1, -0.05) is 23.9 Å². The minimum Gasteiger partial charge on any atom is -0.213 e. The van der Waals surface area contributed by atoms with Crippen molar-refractivity contribution in [3.63, 3.8) is 0 Å². The van der Waals surface area contributed by atoms with Crippen LogP contribution in [0.2, 0.25) is 0 Å². The second-order valence-electron chi connectivity index (χ2n) is 2.76. The van der Waals surface area contributed by atoms with Crippen LogP contribution in [-0.2, 0) is 12.8 Å². The van der Waals surface area contributed by atoms with E-state index in [1.807, 2.05) is 0 Å². The molecule has 0 amide bonds. The minimum absolute atomic E-state index is 0.739. The van der Waals surface area contributed by atoms with E-state index in [1.54, 1.807) is 11.8 Å². The first-order chi connectivity index (χ1) is 7.38. The molecule has 0 aromatic carbocycles. The summed E-state index contributed by atoms with van der Waals surface area (Å²) in [7, 11) is 0. The fourth-order valence-electron chi connectivity index (χ4n) is 0.958. The number of nitrogens with zero attached hydrogens (tertiary/aromatic N) is 5. The van der Waals surface area contributed by atoms with E-state index in [1.165, 1.54) is 11.5 Å². The number of rotatable bonds is 5. The number of tetrazole rings is 1. The molecule has 0 saturated carbocycles. The maximum absolute atomic E-state index is 4.35. The van der Waals surface area contributed by atoms with Crippen molar-refractivity contribution in [2.75, 3.05) is 5.75 Å². The molecule has 2 aromatic heterocycles. The molecule has 0 aliphatic heterocycles. The Labute approximate surface area is 95.1 Å². The summed E-state index contributed by atoms with van der Waals surface area (Å²) >= 11 is 3.13. The molecule has 0 spiro atoms. The predicted molar refractivity (Wildman–Crippen MR) is 57.9 cm³/mol. The van der Waals surface area contributed by atoms with Gasteiger partial charge >= 0.3 is 0 Å². The van der Waals surface area contributed by atoms with Crippen LogP contribution >= 0.6 is 23.3 Å². The lowest BCUT2D eigenvalue weighted by Gasteiger charge is -1.91. The molecule has 2 aromatic rings. The average molecular weight is 242 g/mol. The molecule has 0 aliphatic carbocycles. The van der Waals surface area contributed by atoms with E-state index in [-0.39, 0.29) is 0 Å². The Morgan fingerprint density at radius 3 is 3.00 bits per heavy atom. The third-order valence-electron chi connectivity index (χ3n) is 1.71. The van der Waals surface area contributed by atoms with Gasteiger partial charge in [0.25, 0.3) is 0 Å². The van der Waals surface area contributed by atoms with E-state index in [0.29, 0.717) is 0 Å². The molecule has 0 aliphatic rings. The molecule has 2 rings (SSSR count). The summed E-state index contributed by atoms with van der Waals surface area (Å²) in [6.07, 6.45) is 1.68. The molecule has 2 heterocycles. The van der Waals surface area contributed by atoms with Crippen LogP contribution in [-0.4, -0.2) is 35.7 Å². The molecule has 0 atom stereocenters. The molecule has 15 heavy (non-hydrogen) atoms. The first-order valence-corrected chi connectivity index (χ1v) is 6.32. The highest BCUT2D eigenvalue weighted by Gasteiger charge is 2.04. The Kier molecular flexibility index (Phi) is 3.62. The lowest BCUT2D eigenvalue weighted by atomic mass is 10.5. The van der Waals surface area contributed by atoms with Gasteiger partial charge in [0.1, 0.15) is 5.82 Å². The molecule has 8 heteroatoms. The third kappa shape index (κ3) is 2.96. The third-order valence-corrected chi connectivity index (χ3v) is 3.58. The first kappa shape index (κ1) is 10.5. The van der Waals surface area contributed by atoms with Crippen molar-refractivity contribution in [2.24, 2.45) is 0 Å². The van der Waals surface area contributed by atoms with Crippen molar-refractivity contribution in [3.05, 3.63) is 11.6 Å². The molecule has 1 N–H and O–H groups in total. The van der Waals surface area contributed by atoms with Crippen molar-refractivity contribution < 1.29 is 0 Å². The molecule has 0 fully saturated rings. The maximum atomic E-state index is 4.35. The van der Waals surface area contributed by atoms with Crippen molar-refractivity contribution >= 4 is 23.3 Å². The van der Waals surface area contributed by atoms with Crippen molar-refractivity contribution in [1.29, 1.82) is 0 Å². The lowest BCUT2D eigenvalue weighted by molar-refractivity contribution is 0.881. The maximum Gasteiger partial charge on any atom is 0.175 e. The molecule has 0 unspecified atom stereocenters. The van der Waals surface area contributed by atoms with Crippen LogP contribution in [0.5, 0.6) is 0 Å². The monoisotopic (exact) mass is 242 g/mol. The smallest absolute Gasteiger partial charge is 0.175 e. The molecular formula is C7H10N6S2. The molecule has 0 saturated heterocycles. The Hall–Kier alpha value is -1.02. The Balaban J connectivity index is 1.78. The fourth-order valence-corrected chi connectivity index (χ4v) is 2.66. The Morgan fingerprint density at radius 2 is 2.33 bits per heavy atom. The van der Waals surface area contributed by atoms with E-state index in [2.05, 4.69) is 36.9 Å². The van der Waals surface area contributed by atoms with Crippen molar-refractivity contribution in [2.45, 2.75) is 24.1 Å². The number of aryl methyl sites for hydroxylation is 2. The topological polar surface area (TPSA) is 80.2 Å². The fraction of sp³-hybridized carbons (Fsp3) is 0.571. The summed E-state index contributed by atoms with van der Waals surface area (Å²) in [5.74, 6) is 2.56. The number of nitrogens with one attached hydrogen (secondary N) is 1. The van der Waals surface area contributed by atoms with Gasteiger partial charge in [-0.25, -0.2) is 4.98 Å². The molecule has 6 nitrogen and oxygen atoms in total. The molecule has 0 radical (unpaired) electrons. The van der Waals surface area contributed by atoms with Crippen molar-refractivity contribution in [1.82, 2.24) is 30.0 Å². The zero-order valence-corrected chi connectivity index (χ0v) is 9.81. The van der Waals surface area contributed by atoms with Crippen LogP contribution in [0.25, 0.3) is 0 Å². The number of hydrogen-bond acceptors (Lipinski definition) is 7. The van der Waals surface area contributed by atoms with Crippen LogP contribution in [0, 0.1) is 0 Å². The Morgan fingerprint density at radius 1 is 1.40 bits per heavy atom. The van der Waals surface area contributed by atoms with Crippen LogP contribution in [0.4, 0.5) is 0 Å². The molecule has 0 bridgehead atoms. The van der Waals surface area contributed by atoms with Crippen LogP contribution in [0.15, 0.2) is 4.34 Å². The second-order valence-corrected chi connectivity index (χ2v) is 4.85. The largest absolute Gasteiger partial charge is 0.213 e. The highest BCUT2D eigenvalue weighted by molar-refractivity contribution is 8.00. The second kappa shape index (κ2) is 5.17. The zero-order valence-electron chi connectivity index (χ0n) is 8.17. The summed E-state index contributed by atoms with van der Waals surface area (Å²) < 4.78 is 5.22. The van der Waals surface area contributed by atoms with Gasteiger partial charge in [-0.15, -0.1) is 10.2 Å². The first-order valence-electron chi connectivity index (χ1n) is 4.56. The van der Waals surface area contributed by atoms with E-state index in [9.17, 15) is 0 Å². The van der Waals surface area contributed by atoms with Gasteiger partial charge in [0.05, 0.1) is 0 Å². The van der Waals surface area contributed by atoms with Crippen LogP contribution in [0.3, 0.4) is 0 Å². The SMILES string of the molecule is CCc1nsc(SCCc2nn[nH]n2)n1. The quantitative estimate of drug-likeness (QED) is 0.786. The number of thioether (sulfide) groups is 1. The molecule has 80 valence electrons. The van der Waals surface area contributed by atoms with E-state index < -0.39 is 0 Å². The number of aromatic amines is 1. The average Bonchev–Trinajstić information content (AvgIpc) is 2.88. The summed E-state index contributed by atoms with van der Waals surface area (Å²) in [5, 5.41) is 13.7. The van der Waals surface area contributed by atoms with Crippen molar-refractivity contribution in [3.8, 4) is 0 Å². The zero-order chi connectivity index (χ0) is 10.5. The van der Waals surface area contributed by atoms with Crippen LogP contribution in [0.1, 0.15) is 18.6 Å². The standard InChI is InChI=1S/C7H10N6S2/c1-2-5-8-7(15-11-5)14-4-3-6-9-12-13-10-6/h2-4H2,1H3,(H,9,10,12,13). The number of hydrogen-bond donors (Lipinski definition) is 1. The van der Waals surface area contributed by atoms with Gasteiger partial charge in [-0.2, -0.15) is 9.59 Å². The van der Waals surface area contributed by atoms with Gasteiger partial charge in [0, 0.05) is 18.6 Å². The molecular weight excluding hydrogens is 232 g/mol. The minimum atomic E-state index is 0.739. The summed E-state index contributed by atoms with van der Waals surface area (Å²) in [6, 6.07) is 0. The highest BCUT2D eigenvalue weighted by atomic mass is 32.2. The number of H-pyrrole nitrogens is 1. The predicted octanol–water partition coefficient (Wildman–Crippen LogP) is 0.948. The summed E-state index contributed by atoms with van der Waals surface area (Å²) in [5.41, 5.74) is 0. The number of aromatic nitrogens is 6. The van der Waals surface area contributed by atoms with Crippen LogP contribution < -0.4 is 0 Å². The van der Waals surface area contributed by atoms with Gasteiger partial charge in [-0.3, -0.25) is 0 Å². The van der Waals surface area contributed by atoms with E-state index >= 15 is 0 Å². The lowest BCUT2D eigenvalue weighted by Crippen LogP contribution is -1.91. The normalized spacial score (nSPS) is 10.7. The van der Waals surface area contributed by atoms with E-state index in [0.717, 1.165) is 34.6 Å². The van der Waals surface area contributed by atoms with Gasteiger partial charge in [0.15, 0.2) is 10.2 Å².